The Labute approximate surface area is 129 Å². The Hall–Kier alpha value is -2.18. The van der Waals surface area contributed by atoms with Crippen LogP contribution in [0.3, 0.4) is 0 Å². The topological polar surface area (TPSA) is 50.6 Å². The van der Waals surface area contributed by atoms with E-state index >= 15 is 0 Å². The summed E-state index contributed by atoms with van der Waals surface area (Å²) in [4.78, 5) is 20.0. The molecule has 0 aliphatic carbocycles. The highest BCUT2D eigenvalue weighted by atomic mass is 16.7. The summed E-state index contributed by atoms with van der Waals surface area (Å²) < 4.78 is 1.70. The molecule has 6 heteroatoms. The fourth-order valence-corrected chi connectivity index (χ4v) is 2.65. The number of amides is 1. The van der Waals surface area contributed by atoms with E-state index in [2.05, 4.69) is 5.10 Å². The van der Waals surface area contributed by atoms with Crippen molar-refractivity contribution < 1.29 is 9.63 Å². The number of likely N-dealkylation sites (N-methyl/N-ethyl adjacent to an activating group) is 1. The molecule has 1 aromatic carbocycles. The highest BCUT2D eigenvalue weighted by Gasteiger charge is 2.36. The predicted molar refractivity (Wildman–Crippen MR) is 83.0 cm³/mol. The second kappa shape index (κ2) is 6.29. The van der Waals surface area contributed by atoms with E-state index in [0.29, 0.717) is 13.2 Å². The summed E-state index contributed by atoms with van der Waals surface area (Å²) in [6.45, 7) is 1.16. The minimum atomic E-state index is -0.246. The number of anilines is 1. The van der Waals surface area contributed by atoms with Gasteiger partial charge >= 0.3 is 0 Å². The Morgan fingerprint density at radius 1 is 1.36 bits per heavy atom. The molecular formula is C16H20N4O2. The lowest BCUT2D eigenvalue weighted by Gasteiger charge is -2.22. The van der Waals surface area contributed by atoms with Gasteiger partial charge in [-0.25, -0.2) is 0 Å². The van der Waals surface area contributed by atoms with Crippen LogP contribution < -0.4 is 4.90 Å². The van der Waals surface area contributed by atoms with Crippen molar-refractivity contribution in [3.8, 4) is 0 Å². The van der Waals surface area contributed by atoms with Crippen LogP contribution in [0.5, 0.6) is 0 Å². The first-order valence-corrected chi connectivity index (χ1v) is 7.35. The second-order valence-electron chi connectivity index (χ2n) is 5.47. The van der Waals surface area contributed by atoms with Gasteiger partial charge in [0, 0.05) is 26.8 Å². The normalized spacial score (nSPS) is 18.4. The molecular weight excluding hydrogens is 280 g/mol. The first-order chi connectivity index (χ1) is 10.6. The third-order valence-corrected chi connectivity index (χ3v) is 3.90. The molecule has 1 amide bonds. The van der Waals surface area contributed by atoms with Gasteiger partial charge in [-0.05, 0) is 12.0 Å². The van der Waals surface area contributed by atoms with Crippen molar-refractivity contribution in [2.24, 2.45) is 7.05 Å². The summed E-state index contributed by atoms with van der Waals surface area (Å²) in [7, 11) is 3.66. The van der Waals surface area contributed by atoms with Crippen molar-refractivity contribution in [1.82, 2.24) is 14.8 Å². The summed E-state index contributed by atoms with van der Waals surface area (Å²) in [6.07, 6.45) is 4.31. The van der Waals surface area contributed by atoms with Crippen LogP contribution in [0, 0.1) is 0 Å². The number of aryl methyl sites for hydroxylation is 1. The largest absolute Gasteiger partial charge is 0.308 e. The molecule has 1 fully saturated rings. The van der Waals surface area contributed by atoms with Crippen molar-refractivity contribution >= 4 is 11.6 Å². The van der Waals surface area contributed by atoms with E-state index in [0.717, 1.165) is 17.7 Å². The van der Waals surface area contributed by atoms with E-state index < -0.39 is 0 Å². The van der Waals surface area contributed by atoms with Gasteiger partial charge < -0.3 is 4.90 Å². The second-order valence-corrected chi connectivity index (χ2v) is 5.47. The zero-order chi connectivity index (χ0) is 15.5. The predicted octanol–water partition coefficient (Wildman–Crippen LogP) is 1.59. The van der Waals surface area contributed by atoms with Gasteiger partial charge in [-0.1, -0.05) is 30.3 Å². The number of nitrogens with zero attached hydrogens (tertiary/aromatic N) is 4. The molecule has 0 saturated carbocycles. The molecule has 3 rings (SSSR count). The number of carbonyl (C=O) groups is 1. The number of hydrogen-bond acceptors (Lipinski definition) is 4. The molecule has 2 aromatic rings. The molecule has 1 unspecified atom stereocenters. The van der Waals surface area contributed by atoms with E-state index in [-0.39, 0.29) is 11.9 Å². The monoisotopic (exact) mass is 300 g/mol. The van der Waals surface area contributed by atoms with Crippen molar-refractivity contribution in [1.29, 1.82) is 0 Å². The fraction of sp³-hybridized carbons (Fsp3) is 0.375. The summed E-state index contributed by atoms with van der Waals surface area (Å²) >= 11 is 0. The van der Waals surface area contributed by atoms with Gasteiger partial charge in [-0.2, -0.15) is 10.2 Å². The van der Waals surface area contributed by atoms with Gasteiger partial charge in [0.05, 0.1) is 18.5 Å². The summed E-state index contributed by atoms with van der Waals surface area (Å²) in [6, 6.07) is 9.69. The third kappa shape index (κ3) is 3.03. The number of rotatable bonds is 5. The van der Waals surface area contributed by atoms with Gasteiger partial charge in [-0.15, -0.1) is 0 Å². The molecule has 1 saturated heterocycles. The van der Waals surface area contributed by atoms with E-state index in [9.17, 15) is 4.79 Å². The minimum Gasteiger partial charge on any atom is -0.308 e. The number of hydroxylamine groups is 2. The zero-order valence-electron chi connectivity index (χ0n) is 12.8. The van der Waals surface area contributed by atoms with Gasteiger partial charge in [0.1, 0.15) is 6.04 Å². The number of hydrogen-bond donors (Lipinski definition) is 0. The molecule has 116 valence electrons. The van der Waals surface area contributed by atoms with Gasteiger partial charge in [0.2, 0.25) is 5.91 Å². The van der Waals surface area contributed by atoms with Crippen molar-refractivity contribution in [2.45, 2.75) is 19.1 Å². The molecule has 1 aliphatic rings. The van der Waals surface area contributed by atoms with Crippen LogP contribution in [0.15, 0.2) is 42.7 Å². The number of aromatic nitrogens is 2. The maximum absolute atomic E-state index is 12.5. The number of benzene rings is 1. The maximum Gasteiger partial charge on any atom is 0.246 e. The Morgan fingerprint density at radius 2 is 2.14 bits per heavy atom. The Balaban J connectivity index is 1.59. The van der Waals surface area contributed by atoms with Crippen LogP contribution in [0.4, 0.5) is 5.69 Å². The average molecular weight is 300 g/mol. The van der Waals surface area contributed by atoms with E-state index in [1.54, 1.807) is 20.8 Å². The van der Waals surface area contributed by atoms with E-state index in [4.69, 9.17) is 4.84 Å². The van der Waals surface area contributed by atoms with Crippen molar-refractivity contribution in [2.75, 3.05) is 18.5 Å². The summed E-state index contributed by atoms with van der Waals surface area (Å²) in [5, 5.41) is 5.79. The smallest absolute Gasteiger partial charge is 0.246 e. The lowest BCUT2D eigenvalue weighted by atomic mass is 10.2. The molecule has 0 bridgehead atoms. The standard InChI is InChI=1S/C16H20N4O2/c1-18-11-14(10-17-18)20-9-8-15(16(20)21)19(2)22-12-13-6-4-3-5-7-13/h3-7,10-11,15H,8-9,12H2,1-2H3. The lowest BCUT2D eigenvalue weighted by Crippen LogP contribution is -2.39. The highest BCUT2D eigenvalue weighted by molar-refractivity contribution is 5.99. The van der Waals surface area contributed by atoms with E-state index in [1.165, 1.54) is 0 Å². The molecule has 2 heterocycles. The van der Waals surface area contributed by atoms with Crippen LogP contribution >= 0.6 is 0 Å². The van der Waals surface area contributed by atoms with Crippen LogP contribution in [0.1, 0.15) is 12.0 Å². The highest BCUT2D eigenvalue weighted by Crippen LogP contribution is 2.23. The van der Waals surface area contributed by atoms with Crippen LogP contribution in [-0.2, 0) is 23.3 Å². The molecule has 0 N–H and O–H groups in total. The van der Waals surface area contributed by atoms with E-state index in [1.807, 2.05) is 50.6 Å². The van der Waals surface area contributed by atoms with Crippen molar-refractivity contribution in [3.63, 3.8) is 0 Å². The van der Waals surface area contributed by atoms with Gasteiger partial charge in [-0.3, -0.25) is 14.3 Å². The lowest BCUT2D eigenvalue weighted by molar-refractivity contribution is -0.180. The third-order valence-electron chi connectivity index (χ3n) is 3.90. The maximum atomic E-state index is 12.5. The fourth-order valence-electron chi connectivity index (χ4n) is 2.65. The Bertz CT molecular complexity index is 641. The average Bonchev–Trinajstić information content (AvgIpc) is 3.12. The molecule has 0 radical (unpaired) electrons. The van der Waals surface area contributed by atoms with Gasteiger partial charge in [0.25, 0.3) is 0 Å². The molecule has 1 aromatic heterocycles. The van der Waals surface area contributed by atoms with Crippen LogP contribution in [0.25, 0.3) is 0 Å². The molecule has 22 heavy (non-hydrogen) atoms. The molecule has 1 aliphatic heterocycles. The molecule has 0 spiro atoms. The molecule has 1 atom stereocenters. The van der Waals surface area contributed by atoms with Crippen LogP contribution in [0.2, 0.25) is 0 Å². The molecule has 6 nitrogen and oxygen atoms in total. The van der Waals surface area contributed by atoms with Crippen molar-refractivity contribution in [3.05, 3.63) is 48.3 Å². The quantitative estimate of drug-likeness (QED) is 0.787. The first-order valence-electron chi connectivity index (χ1n) is 7.35. The Morgan fingerprint density at radius 3 is 2.82 bits per heavy atom. The zero-order valence-corrected chi connectivity index (χ0v) is 12.8. The Kier molecular flexibility index (Phi) is 4.22. The van der Waals surface area contributed by atoms with Gasteiger partial charge in [0.15, 0.2) is 0 Å². The minimum absolute atomic E-state index is 0.0589. The summed E-state index contributed by atoms with van der Waals surface area (Å²) in [5.41, 5.74) is 1.93. The SMILES string of the molecule is CN(OCc1ccccc1)C1CCN(c2cnn(C)c2)C1=O. The first kappa shape index (κ1) is 14.7. The number of carbonyl (C=O) groups excluding carboxylic acids is 1. The summed E-state index contributed by atoms with van der Waals surface area (Å²) in [5.74, 6) is 0.0589. The van der Waals surface area contributed by atoms with Crippen LogP contribution in [-0.4, -0.2) is 40.4 Å².